The van der Waals surface area contributed by atoms with Gasteiger partial charge in [-0.15, -0.1) is 0 Å². The number of aliphatic hydroxyl groups is 1. The Hall–Kier alpha value is -1.13. The van der Waals surface area contributed by atoms with Crippen LogP contribution in [-0.2, 0) is 10.3 Å². The summed E-state index contributed by atoms with van der Waals surface area (Å²) < 4.78 is 5.21. The van der Waals surface area contributed by atoms with Gasteiger partial charge in [-0.25, -0.2) is 4.98 Å². The van der Waals surface area contributed by atoms with Crippen LogP contribution in [0.1, 0.15) is 18.4 Å². The molecule has 2 heterocycles. The molecule has 0 bridgehead atoms. The van der Waals surface area contributed by atoms with Crippen LogP contribution in [-0.4, -0.2) is 23.3 Å². The lowest BCUT2D eigenvalue weighted by Gasteiger charge is -2.32. The monoisotopic (exact) mass is 194 g/mol. The fraction of sp³-hybridized carbons (Fsp3) is 0.500. The van der Waals surface area contributed by atoms with Crippen LogP contribution >= 0.6 is 0 Å². The molecule has 0 atom stereocenters. The van der Waals surface area contributed by atoms with Gasteiger partial charge in [-0.3, -0.25) is 0 Å². The first-order valence-electron chi connectivity index (χ1n) is 4.73. The maximum atomic E-state index is 10.3. The Kier molecular flexibility index (Phi) is 2.39. The third-order valence-electron chi connectivity index (χ3n) is 2.66. The van der Waals surface area contributed by atoms with E-state index >= 15 is 0 Å². The van der Waals surface area contributed by atoms with Gasteiger partial charge >= 0.3 is 0 Å². The molecule has 4 nitrogen and oxygen atoms in total. The molecule has 0 aliphatic carbocycles. The molecule has 1 fully saturated rings. The van der Waals surface area contributed by atoms with Gasteiger partial charge < -0.3 is 15.6 Å². The third kappa shape index (κ3) is 1.58. The van der Waals surface area contributed by atoms with Gasteiger partial charge in [0.1, 0.15) is 5.82 Å². The molecule has 1 aromatic heterocycles. The number of nitrogen functional groups attached to an aromatic ring is 1. The number of hydrogen-bond donors (Lipinski definition) is 2. The summed E-state index contributed by atoms with van der Waals surface area (Å²) in [5.74, 6) is 0.414. The first kappa shape index (κ1) is 9.43. The SMILES string of the molecule is Nc1ncccc1C1(O)CCOCC1. The van der Waals surface area contributed by atoms with E-state index in [-0.39, 0.29) is 0 Å². The van der Waals surface area contributed by atoms with Crippen LogP contribution in [0.25, 0.3) is 0 Å². The van der Waals surface area contributed by atoms with E-state index in [0.29, 0.717) is 31.9 Å². The Bertz CT molecular complexity index is 322. The van der Waals surface area contributed by atoms with Crippen molar-refractivity contribution in [1.29, 1.82) is 0 Å². The Labute approximate surface area is 82.7 Å². The number of ether oxygens (including phenoxy) is 1. The fourth-order valence-electron chi connectivity index (χ4n) is 1.79. The van der Waals surface area contributed by atoms with E-state index in [2.05, 4.69) is 4.98 Å². The summed E-state index contributed by atoms with van der Waals surface area (Å²) in [5.41, 5.74) is 5.60. The molecule has 0 aromatic carbocycles. The average molecular weight is 194 g/mol. The summed E-state index contributed by atoms with van der Waals surface area (Å²) in [4.78, 5) is 3.98. The molecule has 3 N–H and O–H groups in total. The summed E-state index contributed by atoms with van der Waals surface area (Å²) in [6.07, 6.45) is 2.80. The zero-order valence-electron chi connectivity index (χ0n) is 7.94. The van der Waals surface area contributed by atoms with Crippen molar-refractivity contribution >= 4 is 5.82 Å². The molecule has 1 aliphatic heterocycles. The van der Waals surface area contributed by atoms with Gasteiger partial charge in [0, 0.05) is 37.8 Å². The fourth-order valence-corrected chi connectivity index (χ4v) is 1.79. The highest BCUT2D eigenvalue weighted by molar-refractivity contribution is 5.42. The number of aromatic nitrogens is 1. The second-order valence-corrected chi connectivity index (χ2v) is 3.58. The Balaban J connectivity index is 2.32. The predicted octanol–water partition coefficient (Wildman–Crippen LogP) is 0.662. The van der Waals surface area contributed by atoms with Gasteiger partial charge in [0.15, 0.2) is 0 Å². The molecule has 0 radical (unpaired) electrons. The van der Waals surface area contributed by atoms with Crippen LogP contribution in [0.5, 0.6) is 0 Å². The van der Waals surface area contributed by atoms with Crippen LogP contribution in [0.2, 0.25) is 0 Å². The predicted molar refractivity (Wildman–Crippen MR) is 52.6 cm³/mol. The number of pyridine rings is 1. The standard InChI is InChI=1S/C10H14N2O2/c11-9-8(2-1-5-12-9)10(13)3-6-14-7-4-10/h1-2,5,13H,3-4,6-7H2,(H2,11,12). The van der Waals surface area contributed by atoms with E-state index in [0.717, 1.165) is 5.56 Å². The van der Waals surface area contributed by atoms with Crippen LogP contribution in [0.4, 0.5) is 5.82 Å². The summed E-state index contributed by atoms with van der Waals surface area (Å²) in [7, 11) is 0. The smallest absolute Gasteiger partial charge is 0.129 e. The summed E-state index contributed by atoms with van der Waals surface area (Å²) in [6, 6.07) is 3.62. The maximum Gasteiger partial charge on any atom is 0.129 e. The molecule has 4 heteroatoms. The van der Waals surface area contributed by atoms with Crippen molar-refractivity contribution in [3.05, 3.63) is 23.9 Å². The topological polar surface area (TPSA) is 68.4 Å². The molecule has 1 aromatic rings. The summed E-state index contributed by atoms with van der Waals surface area (Å²) in [5, 5.41) is 10.3. The first-order chi connectivity index (χ1) is 6.72. The van der Waals surface area contributed by atoms with E-state index in [4.69, 9.17) is 10.5 Å². The summed E-state index contributed by atoms with van der Waals surface area (Å²) in [6.45, 7) is 1.15. The lowest BCUT2D eigenvalue weighted by atomic mass is 9.87. The van der Waals surface area contributed by atoms with Crippen LogP contribution in [0, 0.1) is 0 Å². The van der Waals surface area contributed by atoms with Gasteiger partial charge in [0.05, 0.1) is 5.60 Å². The average Bonchev–Trinajstić information content (AvgIpc) is 2.19. The van der Waals surface area contributed by atoms with E-state index in [1.54, 1.807) is 12.3 Å². The zero-order valence-corrected chi connectivity index (χ0v) is 7.94. The molecule has 76 valence electrons. The Morgan fingerprint density at radius 1 is 1.43 bits per heavy atom. The molecule has 2 rings (SSSR count). The molecule has 0 saturated carbocycles. The number of nitrogens with zero attached hydrogens (tertiary/aromatic N) is 1. The molecular weight excluding hydrogens is 180 g/mol. The van der Waals surface area contributed by atoms with Crippen molar-refractivity contribution in [3.63, 3.8) is 0 Å². The number of nitrogens with two attached hydrogens (primary N) is 1. The lowest BCUT2D eigenvalue weighted by molar-refractivity contribution is -0.0675. The highest BCUT2D eigenvalue weighted by Gasteiger charge is 2.33. The minimum Gasteiger partial charge on any atom is -0.385 e. The minimum atomic E-state index is -0.851. The number of rotatable bonds is 1. The zero-order chi connectivity index (χ0) is 10.0. The Morgan fingerprint density at radius 3 is 2.79 bits per heavy atom. The van der Waals surface area contributed by atoms with Crippen LogP contribution in [0.3, 0.4) is 0 Å². The van der Waals surface area contributed by atoms with Crippen molar-refractivity contribution in [2.24, 2.45) is 0 Å². The quantitative estimate of drug-likeness (QED) is 0.689. The largest absolute Gasteiger partial charge is 0.385 e. The van der Waals surface area contributed by atoms with Crippen LogP contribution in [0.15, 0.2) is 18.3 Å². The number of hydrogen-bond acceptors (Lipinski definition) is 4. The molecule has 14 heavy (non-hydrogen) atoms. The van der Waals surface area contributed by atoms with Crippen LogP contribution < -0.4 is 5.73 Å². The van der Waals surface area contributed by atoms with E-state index < -0.39 is 5.60 Å². The second kappa shape index (κ2) is 3.55. The van der Waals surface area contributed by atoms with Gasteiger partial charge in [0.2, 0.25) is 0 Å². The normalized spacial score (nSPS) is 20.6. The van der Waals surface area contributed by atoms with Crippen molar-refractivity contribution < 1.29 is 9.84 Å². The molecule has 0 spiro atoms. The van der Waals surface area contributed by atoms with E-state index in [1.807, 2.05) is 6.07 Å². The molecule has 0 unspecified atom stereocenters. The van der Waals surface area contributed by atoms with E-state index in [9.17, 15) is 5.11 Å². The van der Waals surface area contributed by atoms with Gasteiger partial charge in [-0.1, -0.05) is 6.07 Å². The molecule has 1 saturated heterocycles. The van der Waals surface area contributed by atoms with Crippen molar-refractivity contribution in [2.75, 3.05) is 18.9 Å². The molecular formula is C10H14N2O2. The van der Waals surface area contributed by atoms with Crippen molar-refractivity contribution in [3.8, 4) is 0 Å². The lowest BCUT2D eigenvalue weighted by Crippen LogP contribution is -2.34. The first-order valence-corrected chi connectivity index (χ1v) is 4.73. The maximum absolute atomic E-state index is 10.3. The second-order valence-electron chi connectivity index (χ2n) is 3.58. The van der Waals surface area contributed by atoms with Gasteiger partial charge in [-0.05, 0) is 6.07 Å². The van der Waals surface area contributed by atoms with Crippen molar-refractivity contribution in [1.82, 2.24) is 4.98 Å². The van der Waals surface area contributed by atoms with E-state index in [1.165, 1.54) is 0 Å². The molecule has 1 aliphatic rings. The molecule has 0 amide bonds. The van der Waals surface area contributed by atoms with Gasteiger partial charge in [0.25, 0.3) is 0 Å². The number of anilines is 1. The van der Waals surface area contributed by atoms with Gasteiger partial charge in [-0.2, -0.15) is 0 Å². The highest BCUT2D eigenvalue weighted by Crippen LogP contribution is 2.33. The highest BCUT2D eigenvalue weighted by atomic mass is 16.5. The van der Waals surface area contributed by atoms with Crippen molar-refractivity contribution in [2.45, 2.75) is 18.4 Å². The summed E-state index contributed by atoms with van der Waals surface area (Å²) >= 11 is 0. The Morgan fingerprint density at radius 2 is 2.14 bits per heavy atom. The minimum absolute atomic E-state index is 0.414. The third-order valence-corrected chi connectivity index (χ3v) is 2.66.